The van der Waals surface area contributed by atoms with Gasteiger partial charge in [-0.3, -0.25) is 4.79 Å². The topological polar surface area (TPSA) is 46.6 Å². The zero-order valence-electron chi connectivity index (χ0n) is 24.3. The van der Waals surface area contributed by atoms with E-state index in [1.54, 1.807) is 4.67 Å². The van der Waals surface area contributed by atoms with Crippen molar-refractivity contribution >= 4 is 36.0 Å². The second kappa shape index (κ2) is 8.42. The molecule has 2 heterocycles. The van der Waals surface area contributed by atoms with Crippen molar-refractivity contribution in [3.63, 3.8) is 0 Å². The number of carbonyl (C=O) groups is 1. The molecule has 1 aromatic heterocycles. The molecular formula is C31H44NO3P. The summed E-state index contributed by atoms with van der Waals surface area (Å²) in [5, 5.41) is 2.13. The van der Waals surface area contributed by atoms with E-state index in [4.69, 9.17) is 8.39 Å². The lowest BCUT2D eigenvalue weighted by Crippen LogP contribution is -2.41. The lowest BCUT2D eigenvalue weighted by molar-refractivity contribution is -0.121. The fraction of sp³-hybridized carbons (Fsp3) is 0.581. The zero-order chi connectivity index (χ0) is 27.0. The molecule has 2 aromatic carbocycles. The first-order chi connectivity index (χ1) is 16.3. The summed E-state index contributed by atoms with van der Waals surface area (Å²) in [5.74, 6) is 0.0957. The Kier molecular flexibility index (Phi) is 6.28. The monoisotopic (exact) mass is 509 g/mol. The van der Waals surface area contributed by atoms with Crippen LogP contribution in [0.25, 0.3) is 21.9 Å². The van der Waals surface area contributed by atoms with E-state index in [0.717, 1.165) is 33.1 Å². The number of rotatable bonds is 1. The van der Waals surface area contributed by atoms with Gasteiger partial charge in [-0.1, -0.05) is 95.2 Å². The summed E-state index contributed by atoms with van der Waals surface area (Å²) in [6.45, 7) is 27.6. The molecule has 0 saturated carbocycles. The SMILES string of the molecule is CC(C)(C)c1cc(C(C)(C)C)c2op(N3CCC3=O)oc3c(C(C)(C)C)cc(C(C)(C)C)cc3c2c1. The highest BCUT2D eigenvalue weighted by Gasteiger charge is 2.33. The van der Waals surface area contributed by atoms with Crippen molar-refractivity contribution in [3.8, 4) is 0 Å². The molecule has 0 atom stereocenters. The molecule has 0 N–H and O–H groups in total. The van der Waals surface area contributed by atoms with Crippen LogP contribution >= 0.6 is 8.16 Å². The Morgan fingerprint density at radius 2 is 1.03 bits per heavy atom. The van der Waals surface area contributed by atoms with E-state index in [-0.39, 0.29) is 27.6 Å². The van der Waals surface area contributed by atoms with E-state index in [2.05, 4.69) is 107 Å². The summed E-state index contributed by atoms with van der Waals surface area (Å²) in [6, 6.07) is 9.19. The molecule has 1 aliphatic heterocycles. The number of β-lactam (4-membered cyclic amide) rings is 1. The summed E-state index contributed by atoms with van der Waals surface area (Å²) < 4.78 is 15.3. The molecule has 3 aromatic rings. The molecule has 196 valence electrons. The number of nitrogens with zero attached hydrogens (tertiary/aromatic N) is 1. The summed E-state index contributed by atoms with van der Waals surface area (Å²) in [7, 11) is -1.60. The predicted octanol–water partition coefficient (Wildman–Crippen LogP) is 9.35. The Hall–Kier alpha value is -2.19. The number of hydrogen-bond acceptors (Lipinski definition) is 3. The summed E-state index contributed by atoms with van der Waals surface area (Å²) in [6.07, 6.45) is 0.551. The highest BCUT2D eigenvalue weighted by atomic mass is 31.1. The van der Waals surface area contributed by atoms with Crippen LogP contribution in [0.3, 0.4) is 0 Å². The molecule has 4 rings (SSSR count). The number of benzene rings is 2. The van der Waals surface area contributed by atoms with Gasteiger partial charge in [0.25, 0.3) is 0 Å². The molecular weight excluding hydrogens is 465 g/mol. The third-order valence-corrected chi connectivity index (χ3v) is 8.67. The van der Waals surface area contributed by atoms with Crippen molar-refractivity contribution in [1.82, 2.24) is 0 Å². The molecule has 0 aliphatic carbocycles. The van der Waals surface area contributed by atoms with Crippen LogP contribution in [-0.4, -0.2) is 12.5 Å². The van der Waals surface area contributed by atoms with E-state index in [0.29, 0.717) is 13.0 Å². The highest BCUT2D eigenvalue weighted by Crippen LogP contribution is 2.46. The van der Waals surface area contributed by atoms with Gasteiger partial charge in [0, 0.05) is 34.9 Å². The van der Waals surface area contributed by atoms with Crippen LogP contribution in [0.4, 0.5) is 0 Å². The molecule has 1 saturated heterocycles. The first-order valence-electron chi connectivity index (χ1n) is 13.1. The van der Waals surface area contributed by atoms with Gasteiger partial charge in [-0.25, -0.2) is 4.67 Å². The smallest absolute Gasteiger partial charge is 0.344 e. The molecule has 0 bridgehead atoms. The first kappa shape index (κ1) is 26.9. The van der Waals surface area contributed by atoms with Gasteiger partial charge >= 0.3 is 8.16 Å². The van der Waals surface area contributed by atoms with E-state index in [1.807, 2.05) is 0 Å². The first-order valence-corrected chi connectivity index (χ1v) is 14.3. The molecule has 4 nitrogen and oxygen atoms in total. The number of fused-ring (bicyclic) bond motifs is 3. The Bertz CT molecular complexity index is 1290. The van der Waals surface area contributed by atoms with Crippen molar-refractivity contribution in [2.24, 2.45) is 0 Å². The van der Waals surface area contributed by atoms with Crippen LogP contribution in [0.1, 0.15) is 112 Å². The molecule has 1 fully saturated rings. The molecule has 0 spiro atoms. The summed E-state index contributed by atoms with van der Waals surface area (Å²) >= 11 is 0. The zero-order valence-corrected chi connectivity index (χ0v) is 25.2. The average Bonchev–Trinajstić information content (AvgIpc) is 2.84. The van der Waals surface area contributed by atoms with E-state index < -0.39 is 8.16 Å². The summed E-state index contributed by atoms with van der Waals surface area (Å²) in [5.41, 5.74) is 6.19. The molecule has 1 amide bonds. The maximum Gasteiger partial charge on any atom is 0.344 e. The van der Waals surface area contributed by atoms with Gasteiger partial charge in [-0.2, -0.15) is 0 Å². The van der Waals surface area contributed by atoms with Crippen molar-refractivity contribution in [3.05, 3.63) is 46.5 Å². The van der Waals surface area contributed by atoms with Crippen molar-refractivity contribution in [2.75, 3.05) is 11.2 Å². The van der Waals surface area contributed by atoms with Crippen LogP contribution in [-0.2, 0) is 26.5 Å². The van der Waals surface area contributed by atoms with Crippen LogP contribution in [0, 0.1) is 0 Å². The third-order valence-electron chi connectivity index (χ3n) is 7.18. The minimum absolute atomic E-state index is 0.0327. The fourth-order valence-corrected chi connectivity index (χ4v) is 6.07. The van der Waals surface area contributed by atoms with Crippen LogP contribution in [0.5, 0.6) is 0 Å². The van der Waals surface area contributed by atoms with E-state index >= 15 is 0 Å². The molecule has 36 heavy (non-hydrogen) atoms. The Morgan fingerprint density at radius 3 is 1.28 bits per heavy atom. The standard InChI is InChI=1S/C31H44NO3P/c1-28(2,3)19-15-21-22-16-20(29(4,5)6)18-24(31(10,11)12)27(22)35-36(32-14-13-25(32)33)34-26(21)23(17-19)30(7,8)9/h15-18H,13-14H2,1-12H3. The average molecular weight is 510 g/mol. The molecule has 0 unspecified atom stereocenters. The minimum Gasteiger partial charge on any atom is -0.403 e. The number of amides is 1. The molecule has 5 heteroatoms. The van der Waals surface area contributed by atoms with Gasteiger partial charge in [0.2, 0.25) is 5.91 Å². The van der Waals surface area contributed by atoms with Crippen molar-refractivity contribution in [1.29, 1.82) is 0 Å². The predicted molar refractivity (Wildman–Crippen MR) is 154 cm³/mol. The Labute approximate surface area is 218 Å². The largest absolute Gasteiger partial charge is 0.403 e. The van der Waals surface area contributed by atoms with Crippen LogP contribution in [0.2, 0.25) is 0 Å². The Balaban J connectivity index is 2.35. The third kappa shape index (κ3) is 4.86. The van der Waals surface area contributed by atoms with Crippen molar-refractivity contribution in [2.45, 2.75) is 111 Å². The second-order valence-corrected chi connectivity index (χ2v) is 15.8. The van der Waals surface area contributed by atoms with E-state index in [1.165, 1.54) is 11.1 Å². The quantitative estimate of drug-likeness (QED) is 0.307. The number of hydrogen-bond donors (Lipinski definition) is 0. The maximum atomic E-state index is 12.6. The maximum absolute atomic E-state index is 12.6. The fourth-order valence-electron chi connectivity index (χ4n) is 4.58. The minimum atomic E-state index is -1.60. The Morgan fingerprint density at radius 1 is 0.639 bits per heavy atom. The van der Waals surface area contributed by atoms with Gasteiger partial charge in [-0.05, 0) is 44.9 Å². The van der Waals surface area contributed by atoms with Gasteiger partial charge < -0.3 is 8.39 Å². The van der Waals surface area contributed by atoms with Gasteiger partial charge in [0.15, 0.2) is 0 Å². The normalized spacial score (nSPS) is 15.6. The van der Waals surface area contributed by atoms with Crippen LogP contribution < -0.4 is 4.67 Å². The van der Waals surface area contributed by atoms with Crippen LogP contribution in [0.15, 0.2) is 32.7 Å². The van der Waals surface area contributed by atoms with Crippen molar-refractivity contribution < 1.29 is 13.2 Å². The van der Waals surface area contributed by atoms with E-state index in [9.17, 15) is 4.79 Å². The van der Waals surface area contributed by atoms with Gasteiger partial charge in [0.1, 0.15) is 11.2 Å². The number of carbonyl (C=O) groups excluding carboxylic acids is 1. The van der Waals surface area contributed by atoms with Gasteiger partial charge in [-0.15, -0.1) is 0 Å². The lowest BCUT2D eigenvalue weighted by atomic mass is 9.77. The molecule has 0 radical (unpaired) electrons. The summed E-state index contributed by atoms with van der Waals surface area (Å²) in [4.78, 5) is 12.6. The highest BCUT2D eigenvalue weighted by molar-refractivity contribution is 7.40. The molecule has 1 aliphatic rings. The van der Waals surface area contributed by atoms with Gasteiger partial charge in [0.05, 0.1) is 0 Å². The lowest BCUT2D eigenvalue weighted by Gasteiger charge is -2.27. The second-order valence-electron chi connectivity index (χ2n) is 14.5.